The van der Waals surface area contributed by atoms with Crippen molar-refractivity contribution < 1.29 is 14.5 Å². The average Bonchev–Trinajstić information content (AvgIpc) is 2.52. The van der Waals surface area contributed by atoms with Crippen LogP contribution >= 0.6 is 0 Å². The van der Waals surface area contributed by atoms with Crippen LogP contribution in [0.5, 0.6) is 0 Å². The molecule has 2 rings (SSSR count). The molecule has 0 aliphatic carbocycles. The van der Waals surface area contributed by atoms with Gasteiger partial charge in [0.25, 0.3) is 0 Å². The second kappa shape index (κ2) is 7.02. The molecule has 1 aromatic heterocycles. The SMILES string of the molecule is CNc1nccc(C2CCN(C(=O)OC(C)(C)C)CC2)c1[N+](=O)[O-]. The van der Waals surface area contributed by atoms with Gasteiger partial charge in [0.15, 0.2) is 0 Å². The van der Waals surface area contributed by atoms with Crippen LogP contribution < -0.4 is 5.32 Å². The van der Waals surface area contributed by atoms with E-state index in [0.29, 0.717) is 31.5 Å². The highest BCUT2D eigenvalue weighted by molar-refractivity contribution is 5.68. The first-order valence-electron chi connectivity index (χ1n) is 8.02. The zero-order valence-corrected chi connectivity index (χ0v) is 14.5. The lowest BCUT2D eigenvalue weighted by atomic mass is 9.89. The van der Waals surface area contributed by atoms with E-state index in [1.807, 2.05) is 20.8 Å². The fraction of sp³-hybridized carbons (Fsp3) is 0.625. The Morgan fingerprint density at radius 3 is 2.54 bits per heavy atom. The topological polar surface area (TPSA) is 97.6 Å². The van der Waals surface area contributed by atoms with Gasteiger partial charge in [-0.3, -0.25) is 10.1 Å². The highest BCUT2D eigenvalue weighted by Crippen LogP contribution is 2.37. The van der Waals surface area contributed by atoms with Gasteiger partial charge >= 0.3 is 11.8 Å². The molecule has 1 aromatic rings. The van der Waals surface area contributed by atoms with Crippen LogP contribution in [-0.2, 0) is 4.74 Å². The number of hydrogen-bond acceptors (Lipinski definition) is 6. The van der Waals surface area contributed by atoms with Crippen LogP contribution in [0.1, 0.15) is 45.1 Å². The Morgan fingerprint density at radius 2 is 2.04 bits per heavy atom. The molecular formula is C16H24N4O4. The number of hydrogen-bond donors (Lipinski definition) is 1. The van der Waals surface area contributed by atoms with Crippen LogP contribution in [0.4, 0.5) is 16.3 Å². The van der Waals surface area contributed by atoms with Crippen molar-refractivity contribution in [2.24, 2.45) is 0 Å². The molecule has 0 saturated carbocycles. The Bertz CT molecular complexity index is 619. The molecule has 8 heteroatoms. The maximum atomic E-state index is 12.1. The number of nitro groups is 1. The Kier molecular flexibility index (Phi) is 5.26. The second-order valence-corrected chi connectivity index (χ2v) is 6.85. The van der Waals surface area contributed by atoms with E-state index in [9.17, 15) is 14.9 Å². The van der Waals surface area contributed by atoms with Gasteiger partial charge in [0.1, 0.15) is 5.60 Å². The molecule has 1 fully saturated rings. The van der Waals surface area contributed by atoms with Gasteiger partial charge < -0.3 is 15.0 Å². The van der Waals surface area contributed by atoms with Crippen molar-refractivity contribution in [1.82, 2.24) is 9.88 Å². The fourth-order valence-electron chi connectivity index (χ4n) is 2.87. The number of carbonyl (C=O) groups is 1. The van der Waals surface area contributed by atoms with Crippen LogP contribution in [-0.4, -0.2) is 46.6 Å². The van der Waals surface area contributed by atoms with Crippen molar-refractivity contribution in [2.45, 2.75) is 45.1 Å². The van der Waals surface area contributed by atoms with Gasteiger partial charge in [-0.2, -0.15) is 0 Å². The highest BCUT2D eigenvalue weighted by Gasteiger charge is 2.32. The standard InChI is InChI=1S/C16H24N4O4/c1-16(2,3)24-15(21)19-9-6-11(7-10-19)12-5-8-18-14(17-4)13(12)20(22)23/h5,8,11H,6-7,9-10H2,1-4H3,(H,17,18). The molecule has 0 unspecified atom stereocenters. The molecule has 0 bridgehead atoms. The quantitative estimate of drug-likeness (QED) is 0.672. The van der Waals surface area contributed by atoms with E-state index in [1.165, 1.54) is 0 Å². The molecule has 0 atom stereocenters. The average molecular weight is 336 g/mol. The van der Waals surface area contributed by atoms with Gasteiger partial charge in [-0.1, -0.05) is 0 Å². The van der Waals surface area contributed by atoms with Crippen molar-refractivity contribution in [3.63, 3.8) is 0 Å². The summed E-state index contributed by atoms with van der Waals surface area (Å²) < 4.78 is 5.38. The lowest BCUT2D eigenvalue weighted by Gasteiger charge is -2.33. The number of piperidine rings is 1. The van der Waals surface area contributed by atoms with E-state index in [1.54, 1.807) is 24.2 Å². The lowest BCUT2D eigenvalue weighted by molar-refractivity contribution is -0.385. The molecule has 1 aliphatic rings. The van der Waals surface area contributed by atoms with Crippen molar-refractivity contribution in [3.8, 4) is 0 Å². The van der Waals surface area contributed by atoms with Crippen molar-refractivity contribution in [2.75, 3.05) is 25.5 Å². The predicted octanol–water partition coefficient (Wildman–Crippen LogP) is 3.15. The molecule has 8 nitrogen and oxygen atoms in total. The van der Waals surface area contributed by atoms with E-state index in [-0.39, 0.29) is 23.5 Å². The molecule has 1 saturated heterocycles. The Hall–Kier alpha value is -2.38. The number of aromatic nitrogens is 1. The number of ether oxygens (including phenoxy) is 1. The first-order chi connectivity index (χ1) is 11.2. The van der Waals surface area contributed by atoms with E-state index in [0.717, 1.165) is 0 Å². The molecule has 0 spiro atoms. The maximum Gasteiger partial charge on any atom is 0.410 e. The van der Waals surface area contributed by atoms with Gasteiger partial charge in [-0.15, -0.1) is 0 Å². The second-order valence-electron chi connectivity index (χ2n) is 6.85. The molecule has 2 heterocycles. The van der Waals surface area contributed by atoms with E-state index < -0.39 is 10.5 Å². The van der Waals surface area contributed by atoms with Crippen molar-refractivity contribution in [3.05, 3.63) is 27.9 Å². The number of rotatable bonds is 3. The summed E-state index contributed by atoms with van der Waals surface area (Å²) in [5, 5.41) is 14.2. The Morgan fingerprint density at radius 1 is 1.42 bits per heavy atom. The monoisotopic (exact) mass is 336 g/mol. The summed E-state index contributed by atoms with van der Waals surface area (Å²) in [6.07, 6.45) is 2.57. The summed E-state index contributed by atoms with van der Waals surface area (Å²) in [6.45, 7) is 6.54. The zero-order chi connectivity index (χ0) is 17.9. The number of likely N-dealkylation sites (tertiary alicyclic amines) is 1. The molecule has 1 amide bonds. The molecule has 24 heavy (non-hydrogen) atoms. The van der Waals surface area contributed by atoms with Gasteiger partial charge in [0.05, 0.1) is 4.92 Å². The summed E-state index contributed by atoms with van der Waals surface area (Å²) in [6, 6.07) is 1.70. The third-order valence-electron chi connectivity index (χ3n) is 3.96. The summed E-state index contributed by atoms with van der Waals surface area (Å²) in [5.74, 6) is 0.297. The molecule has 0 aromatic carbocycles. The normalized spacial score (nSPS) is 15.9. The van der Waals surface area contributed by atoms with Crippen LogP contribution in [0.15, 0.2) is 12.3 Å². The Labute approximate surface area is 141 Å². The first-order valence-corrected chi connectivity index (χ1v) is 8.02. The third kappa shape index (κ3) is 4.12. The minimum Gasteiger partial charge on any atom is -0.444 e. The van der Waals surface area contributed by atoms with Crippen LogP contribution in [0, 0.1) is 10.1 Å². The number of pyridine rings is 1. The van der Waals surface area contributed by atoms with Gasteiger partial charge in [0.2, 0.25) is 5.82 Å². The molecular weight excluding hydrogens is 312 g/mol. The van der Waals surface area contributed by atoms with Crippen LogP contribution in [0.3, 0.4) is 0 Å². The predicted molar refractivity (Wildman–Crippen MR) is 90.2 cm³/mol. The third-order valence-corrected chi connectivity index (χ3v) is 3.96. The number of anilines is 1. The number of carbonyl (C=O) groups excluding carboxylic acids is 1. The molecule has 1 N–H and O–H groups in total. The number of amides is 1. The van der Waals surface area contributed by atoms with Crippen LogP contribution in [0.25, 0.3) is 0 Å². The van der Waals surface area contributed by atoms with Gasteiger partial charge in [-0.05, 0) is 45.6 Å². The number of nitrogens with one attached hydrogen (secondary N) is 1. The molecule has 1 aliphatic heterocycles. The lowest BCUT2D eigenvalue weighted by Crippen LogP contribution is -2.41. The summed E-state index contributed by atoms with van der Waals surface area (Å²) >= 11 is 0. The fourth-order valence-corrected chi connectivity index (χ4v) is 2.87. The smallest absolute Gasteiger partial charge is 0.410 e. The highest BCUT2D eigenvalue weighted by atomic mass is 16.6. The largest absolute Gasteiger partial charge is 0.444 e. The van der Waals surface area contributed by atoms with E-state index >= 15 is 0 Å². The van der Waals surface area contributed by atoms with E-state index in [2.05, 4.69) is 10.3 Å². The zero-order valence-electron chi connectivity index (χ0n) is 14.5. The van der Waals surface area contributed by atoms with Gasteiger partial charge in [-0.25, -0.2) is 9.78 Å². The maximum absolute atomic E-state index is 12.1. The minimum absolute atomic E-state index is 0.0238. The van der Waals surface area contributed by atoms with Crippen molar-refractivity contribution >= 4 is 17.6 Å². The van der Waals surface area contributed by atoms with E-state index in [4.69, 9.17) is 4.74 Å². The Balaban J connectivity index is 2.10. The number of nitrogens with zero attached hydrogens (tertiary/aromatic N) is 3. The molecule has 0 radical (unpaired) electrons. The minimum atomic E-state index is -0.528. The summed E-state index contributed by atoms with van der Waals surface area (Å²) in [4.78, 5) is 28.8. The van der Waals surface area contributed by atoms with Crippen LogP contribution in [0.2, 0.25) is 0 Å². The van der Waals surface area contributed by atoms with Crippen molar-refractivity contribution in [1.29, 1.82) is 0 Å². The van der Waals surface area contributed by atoms with Gasteiger partial charge in [0, 0.05) is 31.9 Å². The summed E-state index contributed by atoms with van der Waals surface area (Å²) in [7, 11) is 1.62. The summed E-state index contributed by atoms with van der Waals surface area (Å²) in [5.41, 5.74) is 0.165. The first kappa shape index (κ1) is 18.0. The molecule has 132 valence electrons.